The molecule has 0 bridgehead atoms. The second-order valence-electron chi connectivity index (χ2n) is 6.49. The first-order chi connectivity index (χ1) is 11.5. The molecule has 7 heteroatoms. The maximum atomic E-state index is 11.9. The Morgan fingerprint density at radius 1 is 1.33 bits per heavy atom. The molecule has 2 aliphatic rings. The zero-order valence-electron chi connectivity index (χ0n) is 13.4. The van der Waals surface area contributed by atoms with Gasteiger partial charge in [0.1, 0.15) is 5.82 Å². The highest BCUT2D eigenvalue weighted by molar-refractivity contribution is 6.00. The number of carbonyl (C=O) groups excluding carboxylic acids is 2. The smallest absolute Gasteiger partial charge is 0.303 e. The highest BCUT2D eigenvalue weighted by atomic mass is 16.4. The minimum atomic E-state index is -0.750. The lowest BCUT2D eigenvalue weighted by molar-refractivity contribution is -0.137. The molecule has 2 N–H and O–H groups in total. The zero-order valence-corrected chi connectivity index (χ0v) is 13.4. The third-order valence-electron chi connectivity index (χ3n) is 4.79. The molecule has 2 aliphatic heterocycles. The van der Waals surface area contributed by atoms with E-state index in [4.69, 9.17) is 5.11 Å². The summed E-state index contributed by atoms with van der Waals surface area (Å²) < 4.78 is 0. The van der Waals surface area contributed by atoms with Gasteiger partial charge in [-0.05, 0) is 36.8 Å². The van der Waals surface area contributed by atoms with Gasteiger partial charge in [0.25, 0.3) is 0 Å². The van der Waals surface area contributed by atoms with E-state index in [1.54, 1.807) is 6.20 Å². The Labute approximate surface area is 140 Å². The van der Waals surface area contributed by atoms with Crippen LogP contribution in [0.5, 0.6) is 0 Å². The Bertz CT molecular complexity index is 644. The average Bonchev–Trinajstić information content (AvgIpc) is 3.02. The number of carboxylic acid groups (broad SMARTS) is 1. The average molecular weight is 331 g/mol. The van der Waals surface area contributed by atoms with E-state index in [0.29, 0.717) is 25.2 Å². The van der Waals surface area contributed by atoms with Crippen LogP contribution in [0.25, 0.3) is 0 Å². The zero-order chi connectivity index (χ0) is 17.1. The van der Waals surface area contributed by atoms with Crippen molar-refractivity contribution < 1.29 is 19.5 Å². The van der Waals surface area contributed by atoms with Crippen molar-refractivity contribution in [2.75, 3.05) is 18.0 Å². The van der Waals surface area contributed by atoms with Crippen LogP contribution in [0, 0.1) is 5.92 Å². The molecule has 128 valence electrons. The Morgan fingerprint density at radius 3 is 2.83 bits per heavy atom. The summed E-state index contributed by atoms with van der Waals surface area (Å²) in [5.41, 5.74) is 0.824. The van der Waals surface area contributed by atoms with Crippen molar-refractivity contribution in [2.45, 2.75) is 38.0 Å². The topological polar surface area (TPSA) is 99.6 Å². The first-order valence-corrected chi connectivity index (χ1v) is 8.29. The van der Waals surface area contributed by atoms with Crippen molar-refractivity contribution in [1.29, 1.82) is 0 Å². The van der Waals surface area contributed by atoms with E-state index >= 15 is 0 Å². The summed E-state index contributed by atoms with van der Waals surface area (Å²) in [5, 5.41) is 11.1. The van der Waals surface area contributed by atoms with Crippen molar-refractivity contribution in [3.05, 3.63) is 23.9 Å². The van der Waals surface area contributed by atoms with Gasteiger partial charge in [0.2, 0.25) is 11.8 Å². The molecule has 2 amide bonds. The molecule has 7 nitrogen and oxygen atoms in total. The van der Waals surface area contributed by atoms with Gasteiger partial charge in [-0.25, -0.2) is 4.98 Å². The van der Waals surface area contributed by atoms with Gasteiger partial charge in [0, 0.05) is 32.1 Å². The van der Waals surface area contributed by atoms with Crippen LogP contribution >= 0.6 is 0 Å². The molecule has 0 radical (unpaired) electrons. The van der Waals surface area contributed by atoms with Gasteiger partial charge in [0.15, 0.2) is 0 Å². The van der Waals surface area contributed by atoms with Crippen molar-refractivity contribution in [2.24, 2.45) is 5.92 Å². The lowest BCUT2D eigenvalue weighted by atomic mass is 9.92. The number of aliphatic carboxylic acids is 1. The molecule has 2 fully saturated rings. The number of nitrogens with one attached hydrogen (secondary N) is 1. The molecule has 0 aromatic carbocycles. The number of carboxylic acids is 1. The molecular formula is C17H21N3O4. The highest BCUT2D eigenvalue weighted by Gasteiger charge is 2.29. The Kier molecular flexibility index (Phi) is 4.78. The molecule has 0 aliphatic carbocycles. The fourth-order valence-corrected chi connectivity index (χ4v) is 3.41. The number of amides is 2. The predicted molar refractivity (Wildman–Crippen MR) is 86.6 cm³/mol. The van der Waals surface area contributed by atoms with E-state index in [1.165, 1.54) is 0 Å². The minimum Gasteiger partial charge on any atom is -0.481 e. The van der Waals surface area contributed by atoms with Crippen LogP contribution in [0.1, 0.15) is 43.6 Å². The first kappa shape index (κ1) is 16.4. The van der Waals surface area contributed by atoms with Crippen LogP contribution < -0.4 is 10.2 Å². The van der Waals surface area contributed by atoms with E-state index in [9.17, 15) is 14.4 Å². The van der Waals surface area contributed by atoms with Crippen LogP contribution in [-0.4, -0.2) is 41.0 Å². The lowest BCUT2D eigenvalue weighted by Gasteiger charge is -2.22. The summed E-state index contributed by atoms with van der Waals surface area (Å²) in [5.74, 6) is -0.297. The Hall–Kier alpha value is -2.44. The molecule has 3 rings (SSSR count). The van der Waals surface area contributed by atoms with Gasteiger partial charge in [-0.3, -0.25) is 19.7 Å². The van der Waals surface area contributed by atoms with Crippen LogP contribution in [0.3, 0.4) is 0 Å². The monoisotopic (exact) mass is 331 g/mol. The number of nitrogens with zero attached hydrogens (tertiary/aromatic N) is 2. The van der Waals surface area contributed by atoms with Gasteiger partial charge < -0.3 is 10.0 Å². The number of hydrogen-bond donors (Lipinski definition) is 2. The summed E-state index contributed by atoms with van der Waals surface area (Å²) in [6, 6.07) is 3.80. The third-order valence-corrected chi connectivity index (χ3v) is 4.79. The van der Waals surface area contributed by atoms with E-state index < -0.39 is 5.97 Å². The number of imide groups is 1. The molecular weight excluding hydrogens is 310 g/mol. The van der Waals surface area contributed by atoms with Crippen molar-refractivity contribution in [1.82, 2.24) is 10.3 Å². The number of pyridine rings is 1. The Morgan fingerprint density at radius 2 is 2.17 bits per heavy atom. The first-order valence-electron chi connectivity index (χ1n) is 8.29. The lowest BCUT2D eigenvalue weighted by Crippen LogP contribution is -2.39. The summed E-state index contributed by atoms with van der Waals surface area (Å²) in [6.45, 7) is 1.69. The number of hydrogen-bond acceptors (Lipinski definition) is 5. The Balaban J connectivity index is 1.60. The molecule has 1 aromatic rings. The second-order valence-corrected chi connectivity index (χ2v) is 6.49. The largest absolute Gasteiger partial charge is 0.481 e. The van der Waals surface area contributed by atoms with Crippen molar-refractivity contribution in [3.63, 3.8) is 0 Å². The van der Waals surface area contributed by atoms with Gasteiger partial charge in [0.05, 0.1) is 5.92 Å². The molecule has 0 unspecified atom stereocenters. The fraction of sp³-hybridized carbons (Fsp3) is 0.529. The maximum absolute atomic E-state index is 11.9. The highest BCUT2D eigenvalue weighted by Crippen LogP contribution is 2.28. The molecule has 1 aromatic heterocycles. The number of piperidine rings is 1. The van der Waals surface area contributed by atoms with Gasteiger partial charge >= 0.3 is 5.97 Å². The van der Waals surface area contributed by atoms with Crippen LogP contribution in [0.4, 0.5) is 5.82 Å². The van der Waals surface area contributed by atoms with Gasteiger partial charge in [-0.2, -0.15) is 0 Å². The van der Waals surface area contributed by atoms with E-state index in [-0.39, 0.29) is 24.2 Å². The molecule has 0 spiro atoms. The van der Waals surface area contributed by atoms with Crippen molar-refractivity contribution >= 4 is 23.6 Å². The molecule has 0 saturated carbocycles. The number of aromatic nitrogens is 1. The fourth-order valence-electron chi connectivity index (χ4n) is 3.41. The summed E-state index contributed by atoms with van der Waals surface area (Å²) in [6.07, 6.45) is 4.46. The second kappa shape index (κ2) is 6.98. The molecule has 3 heterocycles. The van der Waals surface area contributed by atoms with Gasteiger partial charge in [-0.15, -0.1) is 0 Å². The standard InChI is InChI=1S/C17H21N3O4/c21-15-5-3-13(17(24)19-15)12-2-4-14(18-9-12)20-8-7-11(10-20)1-6-16(22)23/h2,4,9,11,13H,1,3,5-8,10H2,(H,22,23)(H,19,21,24)/t11-,13+/m1/s1. The SMILES string of the molecule is O=C(O)CC[C@@H]1CCN(c2ccc([C@@H]3CCC(=O)NC3=O)cn2)C1. The van der Waals surface area contributed by atoms with Crippen molar-refractivity contribution in [3.8, 4) is 0 Å². The number of rotatable bonds is 5. The minimum absolute atomic E-state index is 0.209. The van der Waals surface area contributed by atoms with Crippen LogP contribution in [0.2, 0.25) is 0 Å². The molecule has 2 atom stereocenters. The number of carbonyl (C=O) groups is 3. The quantitative estimate of drug-likeness (QED) is 0.789. The maximum Gasteiger partial charge on any atom is 0.303 e. The normalized spacial score (nSPS) is 24.1. The van der Waals surface area contributed by atoms with Gasteiger partial charge in [-0.1, -0.05) is 6.07 Å². The van der Waals surface area contributed by atoms with Crippen LogP contribution in [0.15, 0.2) is 18.3 Å². The molecule has 2 saturated heterocycles. The van der Waals surface area contributed by atoms with Crippen LogP contribution in [-0.2, 0) is 14.4 Å². The van der Waals surface area contributed by atoms with E-state index in [0.717, 1.165) is 30.9 Å². The predicted octanol–water partition coefficient (Wildman–Crippen LogP) is 1.29. The third kappa shape index (κ3) is 3.72. The summed E-state index contributed by atoms with van der Waals surface area (Å²) >= 11 is 0. The molecule has 24 heavy (non-hydrogen) atoms. The summed E-state index contributed by atoms with van der Waals surface area (Å²) in [7, 11) is 0. The number of anilines is 1. The van der Waals surface area contributed by atoms with E-state index in [2.05, 4.69) is 15.2 Å². The van der Waals surface area contributed by atoms with E-state index in [1.807, 2.05) is 12.1 Å². The summed E-state index contributed by atoms with van der Waals surface area (Å²) in [4.78, 5) is 40.4.